The van der Waals surface area contributed by atoms with E-state index in [-0.39, 0.29) is 5.41 Å². The lowest BCUT2D eigenvalue weighted by atomic mass is 9.59. The lowest BCUT2D eigenvalue weighted by Gasteiger charge is -2.45. The summed E-state index contributed by atoms with van der Waals surface area (Å²) in [6.07, 6.45) is 3.55. The molecule has 0 radical (unpaired) electrons. The molecule has 0 aromatic heterocycles. The summed E-state index contributed by atoms with van der Waals surface area (Å²) in [4.78, 5) is 0. The Morgan fingerprint density at radius 3 is 2.71 bits per heavy atom. The fourth-order valence-corrected chi connectivity index (χ4v) is 3.55. The number of hydrogen-bond acceptors (Lipinski definition) is 1. The van der Waals surface area contributed by atoms with Crippen molar-refractivity contribution in [1.29, 1.82) is 0 Å². The molecule has 0 saturated carbocycles. The number of phenolic OH excluding ortho intramolecular Hbond substituents is 1. The van der Waals surface area contributed by atoms with Crippen molar-refractivity contribution in [1.82, 2.24) is 0 Å². The number of aromatic hydroxyl groups is 1. The van der Waals surface area contributed by atoms with E-state index in [9.17, 15) is 5.11 Å². The van der Waals surface area contributed by atoms with Crippen molar-refractivity contribution in [2.24, 2.45) is 11.8 Å². The summed E-state index contributed by atoms with van der Waals surface area (Å²) in [5, 5.41) is 9.74. The quantitative estimate of drug-likeness (QED) is 0.807. The van der Waals surface area contributed by atoms with Gasteiger partial charge in [0.25, 0.3) is 0 Å². The van der Waals surface area contributed by atoms with Crippen LogP contribution in [-0.2, 0) is 11.8 Å². The van der Waals surface area contributed by atoms with Crippen LogP contribution in [0.2, 0.25) is 0 Å². The SMILES string of the molecule is CCCC1(C)c2cc(O)ccc2CC(C)C1C. The van der Waals surface area contributed by atoms with E-state index in [0.717, 1.165) is 12.3 Å². The number of hydrogen-bond donors (Lipinski definition) is 1. The Kier molecular flexibility index (Phi) is 3.20. The molecule has 3 atom stereocenters. The molecule has 17 heavy (non-hydrogen) atoms. The molecule has 1 aliphatic rings. The molecule has 0 amide bonds. The van der Waals surface area contributed by atoms with E-state index >= 15 is 0 Å². The summed E-state index contributed by atoms with van der Waals surface area (Å²) in [6, 6.07) is 5.93. The van der Waals surface area contributed by atoms with Crippen LogP contribution >= 0.6 is 0 Å². The van der Waals surface area contributed by atoms with Crippen LogP contribution in [0.3, 0.4) is 0 Å². The highest BCUT2D eigenvalue weighted by atomic mass is 16.3. The minimum atomic E-state index is 0.223. The lowest BCUT2D eigenvalue weighted by molar-refractivity contribution is 0.192. The molecule has 2 rings (SSSR count). The minimum Gasteiger partial charge on any atom is -0.508 e. The minimum absolute atomic E-state index is 0.223. The van der Waals surface area contributed by atoms with E-state index in [0.29, 0.717) is 11.7 Å². The van der Waals surface area contributed by atoms with Crippen molar-refractivity contribution in [3.63, 3.8) is 0 Å². The van der Waals surface area contributed by atoms with Gasteiger partial charge in [0.2, 0.25) is 0 Å². The predicted octanol–water partition coefficient (Wildman–Crippen LogP) is 4.28. The van der Waals surface area contributed by atoms with Gasteiger partial charge >= 0.3 is 0 Å². The first kappa shape index (κ1) is 12.5. The zero-order chi connectivity index (χ0) is 12.6. The molecule has 1 nitrogen and oxygen atoms in total. The largest absolute Gasteiger partial charge is 0.508 e. The van der Waals surface area contributed by atoms with Gasteiger partial charge in [-0.2, -0.15) is 0 Å². The molecule has 1 aromatic carbocycles. The molecule has 1 aliphatic carbocycles. The highest BCUT2D eigenvalue weighted by molar-refractivity contribution is 5.42. The first-order valence-electron chi connectivity index (χ1n) is 6.81. The van der Waals surface area contributed by atoms with Crippen LogP contribution in [0, 0.1) is 11.8 Å². The number of phenols is 1. The average molecular weight is 232 g/mol. The fraction of sp³-hybridized carbons (Fsp3) is 0.625. The van der Waals surface area contributed by atoms with Gasteiger partial charge in [0.15, 0.2) is 0 Å². The number of fused-ring (bicyclic) bond motifs is 1. The van der Waals surface area contributed by atoms with Crippen LogP contribution in [0.25, 0.3) is 0 Å². The zero-order valence-corrected chi connectivity index (χ0v) is 11.5. The van der Waals surface area contributed by atoms with E-state index in [1.165, 1.54) is 24.0 Å². The lowest BCUT2D eigenvalue weighted by Crippen LogP contribution is -2.39. The van der Waals surface area contributed by atoms with Gasteiger partial charge in [0.1, 0.15) is 5.75 Å². The topological polar surface area (TPSA) is 20.2 Å². The third kappa shape index (κ3) is 1.96. The van der Waals surface area contributed by atoms with Gasteiger partial charge in [0, 0.05) is 0 Å². The number of benzene rings is 1. The maximum atomic E-state index is 9.74. The molecule has 0 spiro atoms. The smallest absolute Gasteiger partial charge is 0.115 e. The Morgan fingerprint density at radius 1 is 1.35 bits per heavy atom. The van der Waals surface area contributed by atoms with Gasteiger partial charge < -0.3 is 5.11 Å². The molecule has 94 valence electrons. The Hall–Kier alpha value is -0.980. The second-order valence-corrected chi connectivity index (χ2v) is 5.98. The molecule has 1 aromatic rings. The predicted molar refractivity (Wildman–Crippen MR) is 72.4 cm³/mol. The third-order valence-electron chi connectivity index (χ3n) is 4.88. The van der Waals surface area contributed by atoms with E-state index in [1.54, 1.807) is 0 Å². The molecule has 3 unspecified atom stereocenters. The first-order valence-corrected chi connectivity index (χ1v) is 6.81. The molecule has 1 N–H and O–H groups in total. The Balaban J connectivity index is 2.54. The summed E-state index contributed by atoms with van der Waals surface area (Å²) in [5.74, 6) is 1.81. The van der Waals surface area contributed by atoms with Crippen LogP contribution in [0.4, 0.5) is 0 Å². The first-order chi connectivity index (χ1) is 7.99. The normalized spacial score (nSPS) is 32.2. The average Bonchev–Trinajstić information content (AvgIpc) is 2.29. The van der Waals surface area contributed by atoms with Crippen LogP contribution in [0.5, 0.6) is 5.75 Å². The summed E-state index contributed by atoms with van der Waals surface area (Å²) in [7, 11) is 0. The third-order valence-corrected chi connectivity index (χ3v) is 4.88. The van der Waals surface area contributed by atoms with Crippen molar-refractivity contribution in [3.05, 3.63) is 29.3 Å². The van der Waals surface area contributed by atoms with Gasteiger partial charge in [-0.3, -0.25) is 0 Å². The Morgan fingerprint density at radius 2 is 2.06 bits per heavy atom. The molecule has 1 heteroatoms. The van der Waals surface area contributed by atoms with Crippen LogP contribution < -0.4 is 0 Å². The van der Waals surface area contributed by atoms with Crippen molar-refractivity contribution >= 4 is 0 Å². The van der Waals surface area contributed by atoms with E-state index in [1.807, 2.05) is 12.1 Å². The van der Waals surface area contributed by atoms with Gasteiger partial charge in [-0.1, -0.05) is 40.2 Å². The summed E-state index contributed by atoms with van der Waals surface area (Å²) in [5.41, 5.74) is 3.04. The molecular weight excluding hydrogens is 208 g/mol. The van der Waals surface area contributed by atoms with Crippen molar-refractivity contribution in [2.45, 2.75) is 52.4 Å². The molecule has 0 aliphatic heterocycles. The highest BCUT2D eigenvalue weighted by Gasteiger charge is 2.40. The van der Waals surface area contributed by atoms with E-state index in [4.69, 9.17) is 0 Å². The Labute approximate surface area is 105 Å². The zero-order valence-electron chi connectivity index (χ0n) is 11.5. The van der Waals surface area contributed by atoms with Crippen LogP contribution in [0.1, 0.15) is 51.7 Å². The maximum absolute atomic E-state index is 9.74. The van der Waals surface area contributed by atoms with E-state index in [2.05, 4.69) is 33.8 Å². The van der Waals surface area contributed by atoms with Crippen LogP contribution in [0.15, 0.2) is 18.2 Å². The van der Waals surface area contributed by atoms with Gasteiger partial charge in [-0.05, 0) is 53.4 Å². The van der Waals surface area contributed by atoms with Crippen molar-refractivity contribution in [2.75, 3.05) is 0 Å². The maximum Gasteiger partial charge on any atom is 0.115 e. The standard InChI is InChI=1S/C16H24O/c1-5-8-16(4)12(3)11(2)9-13-6-7-14(17)10-15(13)16/h6-7,10-12,17H,5,8-9H2,1-4H3. The number of rotatable bonds is 2. The second kappa shape index (κ2) is 4.36. The second-order valence-electron chi connectivity index (χ2n) is 5.98. The van der Waals surface area contributed by atoms with Crippen LogP contribution in [-0.4, -0.2) is 5.11 Å². The molecule has 0 heterocycles. The fourth-order valence-electron chi connectivity index (χ4n) is 3.55. The summed E-state index contributed by atoms with van der Waals surface area (Å²) >= 11 is 0. The van der Waals surface area contributed by atoms with Gasteiger partial charge in [-0.25, -0.2) is 0 Å². The molecular formula is C16H24O. The monoisotopic (exact) mass is 232 g/mol. The van der Waals surface area contributed by atoms with E-state index < -0.39 is 0 Å². The van der Waals surface area contributed by atoms with Gasteiger partial charge in [0.05, 0.1) is 0 Å². The molecule has 0 bridgehead atoms. The molecule has 0 saturated heterocycles. The summed E-state index contributed by atoms with van der Waals surface area (Å²) in [6.45, 7) is 9.34. The van der Waals surface area contributed by atoms with Crippen molar-refractivity contribution in [3.8, 4) is 5.75 Å². The highest BCUT2D eigenvalue weighted by Crippen LogP contribution is 2.47. The van der Waals surface area contributed by atoms with Gasteiger partial charge in [-0.15, -0.1) is 0 Å². The molecule has 0 fully saturated rings. The Bertz CT molecular complexity index is 410. The van der Waals surface area contributed by atoms with Crippen molar-refractivity contribution < 1.29 is 5.11 Å². The summed E-state index contributed by atoms with van der Waals surface area (Å²) < 4.78 is 0.